The first-order valence-electron chi connectivity index (χ1n) is 6.07. The van der Waals surface area contributed by atoms with Gasteiger partial charge in [0, 0.05) is 19.2 Å². The van der Waals surface area contributed by atoms with Crippen molar-refractivity contribution in [3.63, 3.8) is 0 Å². The van der Waals surface area contributed by atoms with E-state index in [0.29, 0.717) is 25.5 Å². The van der Waals surface area contributed by atoms with Crippen LogP contribution in [0.15, 0.2) is 18.2 Å². The molecule has 1 aliphatic rings. The second kappa shape index (κ2) is 5.28. The third-order valence-corrected chi connectivity index (χ3v) is 3.24. The number of anilines is 1. The highest BCUT2D eigenvalue weighted by Crippen LogP contribution is 2.37. The van der Waals surface area contributed by atoms with Crippen LogP contribution in [-0.2, 0) is 6.18 Å². The number of rotatable bonds is 2. The molecular weight excluding hydrogens is 277 g/mol. The lowest BCUT2D eigenvalue weighted by Crippen LogP contribution is -2.38. The summed E-state index contributed by atoms with van der Waals surface area (Å²) in [5.41, 5.74) is -1.53. The van der Waals surface area contributed by atoms with Crippen molar-refractivity contribution in [1.82, 2.24) is 0 Å². The molecule has 1 aliphatic heterocycles. The van der Waals surface area contributed by atoms with Gasteiger partial charge in [-0.1, -0.05) is 0 Å². The number of piperidine rings is 1. The molecule has 0 spiro atoms. The van der Waals surface area contributed by atoms with Crippen LogP contribution < -0.4 is 4.90 Å². The highest BCUT2D eigenvalue weighted by atomic mass is 19.4. The monoisotopic (exact) mass is 290 g/mol. The maximum Gasteiger partial charge on any atom is 0.416 e. The summed E-state index contributed by atoms with van der Waals surface area (Å²) in [4.78, 5) is 11.7. The Morgan fingerprint density at radius 3 is 2.65 bits per heavy atom. The number of nitro benzene ring substituents is 1. The Labute approximate surface area is 112 Å². The molecule has 1 aromatic carbocycles. The molecule has 1 saturated heterocycles. The van der Waals surface area contributed by atoms with Gasteiger partial charge < -0.3 is 10.0 Å². The van der Waals surface area contributed by atoms with Gasteiger partial charge in [0.05, 0.1) is 16.6 Å². The van der Waals surface area contributed by atoms with Gasteiger partial charge in [-0.15, -0.1) is 0 Å². The number of benzene rings is 1. The third-order valence-electron chi connectivity index (χ3n) is 3.24. The molecule has 110 valence electrons. The summed E-state index contributed by atoms with van der Waals surface area (Å²) in [6.45, 7) is 0.662. The van der Waals surface area contributed by atoms with Crippen LogP contribution in [0.4, 0.5) is 24.5 Å². The van der Waals surface area contributed by atoms with E-state index in [1.165, 1.54) is 0 Å². The van der Waals surface area contributed by atoms with Gasteiger partial charge in [0.2, 0.25) is 0 Å². The molecule has 0 aliphatic carbocycles. The highest BCUT2D eigenvalue weighted by molar-refractivity contribution is 5.65. The molecule has 1 fully saturated rings. The molecule has 1 N–H and O–H groups in total. The minimum Gasteiger partial charge on any atom is -0.391 e. The number of nitro groups is 1. The van der Waals surface area contributed by atoms with Crippen molar-refractivity contribution >= 4 is 11.4 Å². The Morgan fingerprint density at radius 2 is 2.10 bits per heavy atom. The van der Waals surface area contributed by atoms with E-state index in [0.717, 1.165) is 12.1 Å². The number of nitrogens with zero attached hydrogens (tertiary/aromatic N) is 2. The minimum atomic E-state index is -4.62. The number of β-amino-alcohol motifs (C(OH)–C–C–N with tert-alkyl or cyclic N) is 1. The molecule has 0 radical (unpaired) electrons. The quantitative estimate of drug-likeness (QED) is 0.671. The van der Waals surface area contributed by atoms with Crippen molar-refractivity contribution in [2.24, 2.45) is 0 Å². The van der Waals surface area contributed by atoms with Gasteiger partial charge in [-0.2, -0.15) is 13.2 Å². The van der Waals surface area contributed by atoms with Crippen molar-refractivity contribution in [2.45, 2.75) is 25.1 Å². The van der Waals surface area contributed by atoms with Gasteiger partial charge in [0.15, 0.2) is 0 Å². The fourth-order valence-corrected chi connectivity index (χ4v) is 2.29. The summed E-state index contributed by atoms with van der Waals surface area (Å²) >= 11 is 0. The lowest BCUT2D eigenvalue weighted by atomic mass is 10.1. The molecular formula is C12H13F3N2O3. The molecule has 8 heteroatoms. The van der Waals surface area contributed by atoms with Crippen molar-refractivity contribution < 1.29 is 23.2 Å². The average molecular weight is 290 g/mol. The summed E-state index contributed by atoms with van der Waals surface area (Å²) < 4.78 is 37.8. The summed E-state index contributed by atoms with van der Waals surface area (Å²) in [7, 11) is 0. The predicted molar refractivity (Wildman–Crippen MR) is 65.6 cm³/mol. The summed E-state index contributed by atoms with van der Waals surface area (Å²) in [6, 6.07) is 2.46. The molecule has 1 heterocycles. The number of aliphatic hydroxyl groups is 1. The van der Waals surface area contributed by atoms with E-state index in [1.807, 2.05) is 0 Å². The molecule has 0 aromatic heterocycles. The molecule has 1 atom stereocenters. The van der Waals surface area contributed by atoms with E-state index in [1.54, 1.807) is 4.90 Å². The first-order chi connectivity index (χ1) is 9.29. The standard InChI is InChI=1S/C12H13F3N2O3/c13-12(14,15)8-3-4-10(11(6-8)17(19)20)16-5-1-2-9(18)7-16/h3-4,6,9,18H,1-2,5,7H2/t9-/m0/s1. The Bertz CT molecular complexity index is 519. The summed E-state index contributed by atoms with van der Waals surface area (Å²) in [5, 5.41) is 20.5. The lowest BCUT2D eigenvalue weighted by molar-refractivity contribution is -0.384. The predicted octanol–water partition coefficient (Wildman–Crippen LogP) is 2.57. The van der Waals surface area contributed by atoms with Crippen LogP contribution in [0.3, 0.4) is 0 Å². The fraction of sp³-hybridized carbons (Fsp3) is 0.500. The maximum atomic E-state index is 12.6. The molecule has 20 heavy (non-hydrogen) atoms. The van der Waals surface area contributed by atoms with Crippen LogP contribution in [0.2, 0.25) is 0 Å². The molecule has 0 bridgehead atoms. The second-order valence-corrected chi connectivity index (χ2v) is 4.70. The number of hydrogen-bond donors (Lipinski definition) is 1. The van der Waals surface area contributed by atoms with Crippen LogP contribution in [-0.4, -0.2) is 29.2 Å². The van der Waals surface area contributed by atoms with E-state index in [2.05, 4.69) is 0 Å². The van der Waals surface area contributed by atoms with Crippen molar-refractivity contribution in [3.8, 4) is 0 Å². The van der Waals surface area contributed by atoms with E-state index >= 15 is 0 Å². The summed E-state index contributed by atoms with van der Waals surface area (Å²) in [6.07, 6.45) is -4.01. The van der Waals surface area contributed by atoms with Crippen LogP contribution >= 0.6 is 0 Å². The van der Waals surface area contributed by atoms with Gasteiger partial charge in [0.25, 0.3) is 5.69 Å². The van der Waals surface area contributed by atoms with Crippen LogP contribution in [0, 0.1) is 10.1 Å². The van der Waals surface area contributed by atoms with E-state index in [-0.39, 0.29) is 12.2 Å². The van der Waals surface area contributed by atoms with Gasteiger partial charge in [0.1, 0.15) is 5.69 Å². The Balaban J connectivity index is 2.40. The second-order valence-electron chi connectivity index (χ2n) is 4.70. The van der Waals surface area contributed by atoms with Crippen molar-refractivity contribution in [2.75, 3.05) is 18.0 Å². The molecule has 1 aromatic rings. The Morgan fingerprint density at radius 1 is 1.40 bits per heavy atom. The topological polar surface area (TPSA) is 66.6 Å². The first kappa shape index (κ1) is 14.6. The van der Waals surface area contributed by atoms with Crippen molar-refractivity contribution in [3.05, 3.63) is 33.9 Å². The van der Waals surface area contributed by atoms with Crippen LogP contribution in [0.5, 0.6) is 0 Å². The lowest BCUT2D eigenvalue weighted by Gasteiger charge is -2.31. The maximum absolute atomic E-state index is 12.6. The molecule has 0 unspecified atom stereocenters. The Hall–Kier alpha value is -1.83. The van der Waals surface area contributed by atoms with Crippen molar-refractivity contribution in [1.29, 1.82) is 0 Å². The molecule has 2 rings (SSSR count). The average Bonchev–Trinajstić information content (AvgIpc) is 2.37. The molecule has 0 saturated carbocycles. The van der Waals surface area contributed by atoms with Gasteiger partial charge in [-0.05, 0) is 25.0 Å². The van der Waals surface area contributed by atoms with E-state index < -0.39 is 28.5 Å². The van der Waals surface area contributed by atoms with Crippen LogP contribution in [0.25, 0.3) is 0 Å². The smallest absolute Gasteiger partial charge is 0.391 e. The fourth-order valence-electron chi connectivity index (χ4n) is 2.29. The number of aliphatic hydroxyl groups excluding tert-OH is 1. The number of halogens is 3. The number of hydrogen-bond acceptors (Lipinski definition) is 4. The first-order valence-corrected chi connectivity index (χ1v) is 6.07. The summed E-state index contributed by atoms with van der Waals surface area (Å²) in [5.74, 6) is 0. The molecule has 5 nitrogen and oxygen atoms in total. The van der Waals surface area contributed by atoms with Gasteiger partial charge in [-0.3, -0.25) is 10.1 Å². The number of alkyl halides is 3. The Kier molecular flexibility index (Phi) is 3.85. The zero-order valence-corrected chi connectivity index (χ0v) is 10.4. The normalized spacial score (nSPS) is 20.0. The molecule has 0 amide bonds. The van der Waals surface area contributed by atoms with Gasteiger partial charge >= 0.3 is 6.18 Å². The van der Waals surface area contributed by atoms with E-state index in [9.17, 15) is 28.4 Å². The highest BCUT2D eigenvalue weighted by Gasteiger charge is 2.34. The third kappa shape index (κ3) is 3.01. The van der Waals surface area contributed by atoms with Crippen LogP contribution in [0.1, 0.15) is 18.4 Å². The largest absolute Gasteiger partial charge is 0.416 e. The van der Waals surface area contributed by atoms with Gasteiger partial charge in [-0.25, -0.2) is 0 Å². The SMILES string of the molecule is O=[N+]([O-])c1cc(C(F)(F)F)ccc1N1CCC[C@H](O)C1. The zero-order valence-electron chi connectivity index (χ0n) is 10.4. The minimum absolute atomic E-state index is 0.113. The zero-order chi connectivity index (χ0) is 14.9. The van der Waals surface area contributed by atoms with E-state index in [4.69, 9.17) is 0 Å².